The minimum atomic E-state index is -0.881. The molecule has 0 spiro atoms. The fourth-order valence-corrected chi connectivity index (χ4v) is 2.92. The number of hydrogen-bond donors (Lipinski definition) is 1. The van der Waals surface area contributed by atoms with Gasteiger partial charge in [0.05, 0.1) is 12.8 Å². The molecule has 0 saturated carbocycles. The summed E-state index contributed by atoms with van der Waals surface area (Å²) in [5.74, 6) is -0.572. The summed E-state index contributed by atoms with van der Waals surface area (Å²) < 4.78 is 6.52. The van der Waals surface area contributed by atoms with Crippen molar-refractivity contribution < 1.29 is 14.3 Å². The topological polar surface area (TPSA) is 73.2 Å². The first-order valence-corrected chi connectivity index (χ1v) is 9.05. The largest absolute Gasteiger partial charge is 0.467 e. The lowest BCUT2D eigenvalue weighted by atomic mass is 10.1. The van der Waals surface area contributed by atoms with Gasteiger partial charge in [0.1, 0.15) is 5.15 Å². The maximum atomic E-state index is 12.4. The van der Waals surface area contributed by atoms with E-state index in [1.807, 2.05) is 13.0 Å². The SMILES string of the molecule is COC(=O)C(NC(=O)/C=C/c1c(C)nn(CC(C)C)c1Cl)c1ccccc1. The van der Waals surface area contributed by atoms with Crippen molar-refractivity contribution in [3.8, 4) is 0 Å². The third kappa shape index (κ3) is 5.44. The molecule has 0 fully saturated rings. The summed E-state index contributed by atoms with van der Waals surface area (Å²) in [7, 11) is 1.28. The number of nitrogens with one attached hydrogen (secondary N) is 1. The number of nitrogens with zero attached hydrogens (tertiary/aromatic N) is 2. The molecule has 2 aromatic rings. The van der Waals surface area contributed by atoms with Crippen LogP contribution >= 0.6 is 11.6 Å². The van der Waals surface area contributed by atoms with E-state index in [1.54, 1.807) is 35.0 Å². The Bertz CT molecular complexity index is 828. The van der Waals surface area contributed by atoms with Gasteiger partial charge in [-0.2, -0.15) is 5.10 Å². The second kappa shape index (κ2) is 9.37. The van der Waals surface area contributed by atoms with Crippen LogP contribution in [0.5, 0.6) is 0 Å². The molecule has 0 radical (unpaired) electrons. The molecule has 7 heteroatoms. The highest BCUT2D eigenvalue weighted by Gasteiger charge is 2.22. The molecular formula is C20H24ClN3O3. The van der Waals surface area contributed by atoms with Gasteiger partial charge in [0.25, 0.3) is 0 Å². The minimum absolute atomic E-state index is 0.397. The van der Waals surface area contributed by atoms with Crippen molar-refractivity contribution >= 4 is 29.6 Å². The molecule has 1 unspecified atom stereocenters. The molecule has 1 N–H and O–H groups in total. The average Bonchev–Trinajstić information content (AvgIpc) is 2.90. The van der Waals surface area contributed by atoms with E-state index in [1.165, 1.54) is 13.2 Å². The zero-order valence-electron chi connectivity index (χ0n) is 15.9. The van der Waals surface area contributed by atoms with Gasteiger partial charge in [0.15, 0.2) is 6.04 Å². The summed E-state index contributed by atoms with van der Waals surface area (Å²) in [6.45, 7) is 6.68. The maximum Gasteiger partial charge on any atom is 0.333 e. The van der Waals surface area contributed by atoms with Gasteiger partial charge in [-0.25, -0.2) is 4.79 Å². The van der Waals surface area contributed by atoms with Gasteiger partial charge >= 0.3 is 5.97 Å². The molecule has 27 heavy (non-hydrogen) atoms. The molecule has 1 aromatic carbocycles. The van der Waals surface area contributed by atoms with Crippen LogP contribution in [0.2, 0.25) is 5.15 Å². The van der Waals surface area contributed by atoms with E-state index < -0.39 is 17.9 Å². The molecule has 1 aromatic heterocycles. The average molecular weight is 390 g/mol. The van der Waals surface area contributed by atoms with Gasteiger partial charge in [-0.15, -0.1) is 0 Å². The summed E-state index contributed by atoms with van der Waals surface area (Å²) in [6.07, 6.45) is 2.95. The Labute approximate surface area is 164 Å². The number of ether oxygens (including phenoxy) is 1. The highest BCUT2D eigenvalue weighted by molar-refractivity contribution is 6.31. The van der Waals surface area contributed by atoms with E-state index in [0.717, 1.165) is 5.69 Å². The zero-order chi connectivity index (χ0) is 20.0. The van der Waals surface area contributed by atoms with Crippen molar-refractivity contribution in [2.24, 2.45) is 5.92 Å². The summed E-state index contributed by atoms with van der Waals surface area (Å²) in [5, 5.41) is 7.55. The molecule has 1 heterocycles. The Morgan fingerprint density at radius 3 is 2.56 bits per heavy atom. The molecule has 0 saturated heterocycles. The lowest BCUT2D eigenvalue weighted by Gasteiger charge is -2.15. The number of hydrogen-bond acceptors (Lipinski definition) is 4. The summed E-state index contributed by atoms with van der Waals surface area (Å²) in [6, 6.07) is 8.04. The van der Waals surface area contributed by atoms with E-state index in [9.17, 15) is 9.59 Å². The van der Waals surface area contributed by atoms with Crippen LogP contribution in [0.3, 0.4) is 0 Å². The van der Waals surface area contributed by atoms with Crippen LogP contribution in [0.25, 0.3) is 6.08 Å². The second-order valence-electron chi connectivity index (χ2n) is 6.57. The van der Waals surface area contributed by atoms with Crippen molar-refractivity contribution in [2.75, 3.05) is 7.11 Å². The maximum absolute atomic E-state index is 12.4. The molecular weight excluding hydrogens is 366 g/mol. The molecule has 0 aliphatic rings. The van der Waals surface area contributed by atoms with Gasteiger partial charge in [-0.05, 0) is 24.5 Å². The molecule has 1 atom stereocenters. The van der Waals surface area contributed by atoms with Crippen LogP contribution in [-0.4, -0.2) is 28.8 Å². The van der Waals surface area contributed by atoms with E-state index in [4.69, 9.17) is 16.3 Å². The zero-order valence-corrected chi connectivity index (χ0v) is 16.7. The fraction of sp³-hybridized carbons (Fsp3) is 0.350. The number of rotatable bonds is 7. The van der Waals surface area contributed by atoms with Crippen molar-refractivity contribution in [2.45, 2.75) is 33.4 Å². The Morgan fingerprint density at radius 2 is 1.96 bits per heavy atom. The number of methoxy groups -OCH3 is 1. The van der Waals surface area contributed by atoms with Gasteiger partial charge in [-0.1, -0.05) is 55.8 Å². The van der Waals surface area contributed by atoms with Crippen LogP contribution in [-0.2, 0) is 20.9 Å². The number of aromatic nitrogens is 2. The Hall–Kier alpha value is -2.60. The number of aryl methyl sites for hydroxylation is 1. The molecule has 144 valence electrons. The molecule has 0 aliphatic carbocycles. The van der Waals surface area contributed by atoms with Crippen LogP contribution in [0, 0.1) is 12.8 Å². The standard InChI is InChI=1S/C20H24ClN3O3/c1-13(2)12-24-19(21)16(14(3)23-24)10-11-17(25)22-18(20(26)27-4)15-8-6-5-7-9-15/h5-11,13,18H,12H2,1-4H3,(H,22,25)/b11-10+. The number of carbonyl (C=O) groups excluding carboxylic acids is 2. The van der Waals surface area contributed by atoms with Crippen LogP contribution < -0.4 is 5.32 Å². The van der Waals surface area contributed by atoms with E-state index >= 15 is 0 Å². The monoisotopic (exact) mass is 389 g/mol. The molecule has 1 amide bonds. The fourth-order valence-electron chi connectivity index (χ4n) is 2.61. The number of esters is 1. The van der Waals surface area contributed by atoms with Crippen molar-refractivity contribution in [1.29, 1.82) is 0 Å². The minimum Gasteiger partial charge on any atom is -0.467 e. The third-order valence-electron chi connectivity index (χ3n) is 3.91. The third-order valence-corrected chi connectivity index (χ3v) is 4.30. The lowest BCUT2D eigenvalue weighted by molar-refractivity contribution is -0.144. The van der Waals surface area contributed by atoms with Crippen LogP contribution in [0.4, 0.5) is 0 Å². The summed E-state index contributed by atoms with van der Waals surface area (Å²) >= 11 is 6.38. The molecule has 0 bridgehead atoms. The quantitative estimate of drug-likeness (QED) is 0.580. The lowest BCUT2D eigenvalue weighted by Crippen LogP contribution is -2.33. The molecule has 2 rings (SSSR count). The number of amides is 1. The van der Waals surface area contributed by atoms with Crippen molar-refractivity contribution in [1.82, 2.24) is 15.1 Å². The van der Waals surface area contributed by atoms with Crippen LogP contribution in [0.1, 0.15) is 36.7 Å². The van der Waals surface area contributed by atoms with E-state index in [0.29, 0.717) is 28.7 Å². The number of halogens is 1. The normalized spacial score (nSPS) is 12.4. The Morgan fingerprint density at radius 1 is 1.30 bits per heavy atom. The van der Waals surface area contributed by atoms with Gasteiger partial charge in [0.2, 0.25) is 5.91 Å². The Kier molecular flexibility index (Phi) is 7.19. The Balaban J connectivity index is 2.16. The second-order valence-corrected chi connectivity index (χ2v) is 6.93. The van der Waals surface area contributed by atoms with E-state index in [2.05, 4.69) is 24.3 Å². The van der Waals surface area contributed by atoms with E-state index in [-0.39, 0.29) is 0 Å². The van der Waals surface area contributed by atoms with Gasteiger partial charge in [-0.3, -0.25) is 9.48 Å². The summed E-state index contributed by atoms with van der Waals surface area (Å²) in [5.41, 5.74) is 2.06. The summed E-state index contributed by atoms with van der Waals surface area (Å²) in [4.78, 5) is 24.4. The predicted molar refractivity (Wildman–Crippen MR) is 105 cm³/mol. The van der Waals surface area contributed by atoms with Gasteiger partial charge in [0, 0.05) is 18.2 Å². The van der Waals surface area contributed by atoms with Gasteiger partial charge < -0.3 is 10.1 Å². The van der Waals surface area contributed by atoms with Crippen molar-refractivity contribution in [3.05, 3.63) is 58.4 Å². The molecule has 6 nitrogen and oxygen atoms in total. The smallest absolute Gasteiger partial charge is 0.333 e. The molecule has 0 aliphatic heterocycles. The van der Waals surface area contributed by atoms with Crippen LogP contribution in [0.15, 0.2) is 36.4 Å². The van der Waals surface area contributed by atoms with Crippen molar-refractivity contribution in [3.63, 3.8) is 0 Å². The first-order chi connectivity index (χ1) is 12.8. The first kappa shape index (κ1) is 20.7. The number of carbonyl (C=O) groups is 2. The predicted octanol–water partition coefficient (Wildman–Crippen LogP) is 3.54. The highest BCUT2D eigenvalue weighted by atomic mass is 35.5. The highest BCUT2D eigenvalue weighted by Crippen LogP contribution is 2.22. The first-order valence-electron chi connectivity index (χ1n) is 8.67. The number of benzene rings is 1.